The number of aryl methyl sites for hydroxylation is 1. The van der Waals surface area contributed by atoms with E-state index in [1.807, 2.05) is 33.4 Å². The van der Waals surface area contributed by atoms with Crippen LogP contribution in [0.4, 0.5) is 0 Å². The van der Waals surface area contributed by atoms with Crippen LogP contribution in [0.15, 0.2) is 12.4 Å². The Morgan fingerprint density at radius 1 is 1.63 bits per heavy atom. The Hall–Kier alpha value is -1.40. The molecule has 0 bridgehead atoms. The summed E-state index contributed by atoms with van der Waals surface area (Å²) in [5, 5.41) is 7.02. The highest BCUT2D eigenvalue weighted by Gasteiger charge is 2.17. The van der Waals surface area contributed by atoms with Crippen LogP contribution in [0, 0.1) is 0 Å². The van der Waals surface area contributed by atoms with Gasteiger partial charge in [0, 0.05) is 50.9 Å². The van der Waals surface area contributed by atoms with Crippen LogP contribution in [-0.2, 0) is 18.4 Å². The molecule has 0 radical (unpaired) electrons. The lowest BCUT2D eigenvalue weighted by Crippen LogP contribution is -2.41. The third-order valence-corrected chi connectivity index (χ3v) is 3.08. The Balaban J connectivity index is 2.46. The van der Waals surface area contributed by atoms with Gasteiger partial charge in [-0.05, 0) is 13.5 Å². The summed E-state index contributed by atoms with van der Waals surface area (Å²) in [6.45, 7) is 3.98. The summed E-state index contributed by atoms with van der Waals surface area (Å²) in [6.07, 6.45) is 5.19. The number of carbonyl (C=O) groups is 1. The molecule has 19 heavy (non-hydrogen) atoms. The lowest BCUT2D eigenvalue weighted by atomic mass is 10.1. The molecule has 1 aromatic rings. The van der Waals surface area contributed by atoms with E-state index in [-0.39, 0.29) is 11.9 Å². The highest BCUT2D eigenvalue weighted by molar-refractivity contribution is 5.76. The average molecular weight is 267 g/mol. The topological polar surface area (TPSA) is 76.2 Å². The Morgan fingerprint density at radius 2 is 2.37 bits per heavy atom. The van der Waals surface area contributed by atoms with Gasteiger partial charge in [-0.3, -0.25) is 14.4 Å². The zero-order valence-corrected chi connectivity index (χ0v) is 12.1. The van der Waals surface area contributed by atoms with E-state index in [0.717, 1.165) is 25.1 Å². The van der Waals surface area contributed by atoms with E-state index >= 15 is 0 Å². The summed E-state index contributed by atoms with van der Waals surface area (Å²) in [4.78, 5) is 13.8. The second-order valence-electron chi connectivity index (χ2n) is 4.88. The minimum Gasteiger partial charge on any atom is -0.356 e. The van der Waals surface area contributed by atoms with E-state index in [2.05, 4.69) is 15.3 Å². The van der Waals surface area contributed by atoms with Crippen LogP contribution in [0.5, 0.6) is 0 Å². The van der Waals surface area contributed by atoms with E-state index in [1.54, 1.807) is 4.68 Å². The molecule has 1 atom stereocenters. The summed E-state index contributed by atoms with van der Waals surface area (Å²) in [6, 6.07) is 0.0528. The van der Waals surface area contributed by atoms with Crippen molar-refractivity contribution >= 4 is 5.91 Å². The minimum atomic E-state index is 0.0528. The van der Waals surface area contributed by atoms with Crippen LogP contribution in [0.1, 0.15) is 25.3 Å². The molecule has 0 aliphatic carbocycles. The van der Waals surface area contributed by atoms with Crippen molar-refractivity contribution in [2.24, 2.45) is 12.8 Å². The van der Waals surface area contributed by atoms with Gasteiger partial charge in [0.15, 0.2) is 0 Å². The summed E-state index contributed by atoms with van der Waals surface area (Å²) in [5.41, 5.74) is 6.89. The van der Waals surface area contributed by atoms with Crippen LogP contribution in [-0.4, -0.2) is 46.8 Å². The molecule has 6 heteroatoms. The largest absolute Gasteiger partial charge is 0.356 e. The van der Waals surface area contributed by atoms with Gasteiger partial charge in [0.1, 0.15) is 0 Å². The van der Waals surface area contributed by atoms with E-state index in [0.29, 0.717) is 13.0 Å². The molecular weight excluding hydrogens is 242 g/mol. The van der Waals surface area contributed by atoms with E-state index in [9.17, 15) is 4.79 Å². The number of nitrogens with one attached hydrogen (secondary N) is 1. The molecule has 1 aromatic heterocycles. The summed E-state index contributed by atoms with van der Waals surface area (Å²) in [7, 11) is 3.87. The molecule has 6 nitrogen and oxygen atoms in total. The van der Waals surface area contributed by atoms with Gasteiger partial charge < -0.3 is 11.1 Å². The third-order valence-electron chi connectivity index (χ3n) is 3.08. The molecular formula is C13H25N5O. The predicted molar refractivity (Wildman–Crippen MR) is 75.4 cm³/mol. The van der Waals surface area contributed by atoms with Crippen molar-refractivity contribution in [2.75, 3.05) is 20.1 Å². The third kappa shape index (κ3) is 5.40. The average Bonchev–Trinajstić information content (AvgIpc) is 2.78. The molecule has 0 aliphatic rings. The SMILES string of the molecule is CCCNC(=O)CC(CN)N(C)Cc1cnn(C)c1. The standard InChI is InChI=1S/C13H25N5O/c1-4-5-15-13(19)6-12(7-14)17(2)9-11-8-16-18(3)10-11/h8,10,12H,4-7,9,14H2,1-3H3,(H,15,19). The number of hydrogen-bond donors (Lipinski definition) is 2. The maximum atomic E-state index is 11.7. The molecule has 1 rings (SSSR count). The van der Waals surface area contributed by atoms with Crippen molar-refractivity contribution in [2.45, 2.75) is 32.4 Å². The normalized spacial score (nSPS) is 12.7. The maximum Gasteiger partial charge on any atom is 0.221 e. The summed E-state index contributed by atoms with van der Waals surface area (Å²) in [5.74, 6) is 0.0651. The molecule has 1 amide bonds. The lowest BCUT2D eigenvalue weighted by molar-refractivity contribution is -0.122. The zero-order valence-electron chi connectivity index (χ0n) is 12.1. The van der Waals surface area contributed by atoms with Crippen LogP contribution < -0.4 is 11.1 Å². The van der Waals surface area contributed by atoms with Gasteiger partial charge in [0.2, 0.25) is 5.91 Å². The number of rotatable bonds is 8. The number of aromatic nitrogens is 2. The molecule has 0 fully saturated rings. The number of likely N-dealkylation sites (N-methyl/N-ethyl adjacent to an activating group) is 1. The second-order valence-corrected chi connectivity index (χ2v) is 4.88. The fraction of sp³-hybridized carbons (Fsp3) is 0.692. The Kier molecular flexibility index (Phi) is 6.52. The van der Waals surface area contributed by atoms with Crippen molar-refractivity contribution in [3.05, 3.63) is 18.0 Å². The van der Waals surface area contributed by atoms with Crippen LogP contribution in [0.25, 0.3) is 0 Å². The fourth-order valence-corrected chi connectivity index (χ4v) is 1.94. The number of amides is 1. The van der Waals surface area contributed by atoms with Crippen molar-refractivity contribution in [3.63, 3.8) is 0 Å². The van der Waals surface area contributed by atoms with E-state index in [4.69, 9.17) is 5.73 Å². The zero-order chi connectivity index (χ0) is 14.3. The first-order chi connectivity index (χ1) is 9.06. The Bertz CT molecular complexity index is 390. The van der Waals surface area contributed by atoms with Crippen molar-refractivity contribution in [1.82, 2.24) is 20.0 Å². The van der Waals surface area contributed by atoms with Gasteiger partial charge in [0.25, 0.3) is 0 Å². The fourth-order valence-electron chi connectivity index (χ4n) is 1.94. The van der Waals surface area contributed by atoms with Crippen LogP contribution >= 0.6 is 0 Å². The first-order valence-corrected chi connectivity index (χ1v) is 6.71. The van der Waals surface area contributed by atoms with Crippen molar-refractivity contribution in [1.29, 1.82) is 0 Å². The Morgan fingerprint density at radius 3 is 2.89 bits per heavy atom. The highest BCUT2D eigenvalue weighted by Crippen LogP contribution is 2.07. The molecule has 3 N–H and O–H groups in total. The molecule has 1 unspecified atom stereocenters. The summed E-state index contributed by atoms with van der Waals surface area (Å²) < 4.78 is 1.77. The van der Waals surface area contributed by atoms with E-state index in [1.165, 1.54) is 0 Å². The minimum absolute atomic E-state index is 0.0528. The maximum absolute atomic E-state index is 11.7. The molecule has 0 aromatic carbocycles. The van der Waals surface area contributed by atoms with Gasteiger partial charge in [-0.25, -0.2) is 0 Å². The molecule has 0 saturated heterocycles. The number of nitrogens with zero attached hydrogens (tertiary/aromatic N) is 3. The number of hydrogen-bond acceptors (Lipinski definition) is 4. The van der Waals surface area contributed by atoms with Gasteiger partial charge in [0.05, 0.1) is 6.20 Å². The van der Waals surface area contributed by atoms with E-state index < -0.39 is 0 Å². The monoisotopic (exact) mass is 267 g/mol. The van der Waals surface area contributed by atoms with Crippen LogP contribution in [0.2, 0.25) is 0 Å². The quantitative estimate of drug-likeness (QED) is 0.700. The van der Waals surface area contributed by atoms with Crippen LogP contribution in [0.3, 0.4) is 0 Å². The predicted octanol–water partition coefficient (Wildman–Crippen LogP) is 0.0955. The molecule has 108 valence electrons. The molecule has 1 heterocycles. The van der Waals surface area contributed by atoms with Gasteiger partial charge in [-0.1, -0.05) is 6.92 Å². The summed E-state index contributed by atoms with van der Waals surface area (Å²) >= 11 is 0. The molecule has 0 spiro atoms. The molecule has 0 saturated carbocycles. The smallest absolute Gasteiger partial charge is 0.221 e. The van der Waals surface area contributed by atoms with Crippen molar-refractivity contribution < 1.29 is 4.79 Å². The number of carbonyl (C=O) groups excluding carboxylic acids is 1. The van der Waals surface area contributed by atoms with Gasteiger partial charge in [-0.2, -0.15) is 5.10 Å². The molecule has 0 aliphatic heterocycles. The first kappa shape index (κ1) is 15.7. The van der Waals surface area contributed by atoms with Crippen molar-refractivity contribution in [3.8, 4) is 0 Å². The lowest BCUT2D eigenvalue weighted by Gasteiger charge is -2.26. The first-order valence-electron chi connectivity index (χ1n) is 6.71. The number of nitrogens with two attached hydrogens (primary N) is 1. The van der Waals surface area contributed by atoms with Gasteiger partial charge >= 0.3 is 0 Å². The highest BCUT2D eigenvalue weighted by atomic mass is 16.1. The van der Waals surface area contributed by atoms with Gasteiger partial charge in [-0.15, -0.1) is 0 Å². The Labute approximate surface area is 114 Å². The second kappa shape index (κ2) is 7.91.